The van der Waals surface area contributed by atoms with E-state index >= 15 is 0 Å². The highest BCUT2D eigenvalue weighted by Gasteiger charge is 2.43. The van der Waals surface area contributed by atoms with Crippen LogP contribution in [0.4, 0.5) is 10.1 Å². The van der Waals surface area contributed by atoms with Crippen molar-refractivity contribution in [2.24, 2.45) is 0 Å². The fourth-order valence-electron chi connectivity index (χ4n) is 2.12. The van der Waals surface area contributed by atoms with Gasteiger partial charge in [-0.3, -0.25) is 4.79 Å². The molecule has 0 saturated carbocycles. The standard InChI is InChI=1S/C13H15FN2O4/c1-13(20-5-11(17)18)6-16(7-13)12(19)9-4-8(14)2-3-10(9)15/h2-4H,5-7,15H2,1H3,(H,17,18). The molecule has 6 nitrogen and oxygen atoms in total. The molecule has 1 saturated heterocycles. The summed E-state index contributed by atoms with van der Waals surface area (Å²) in [4.78, 5) is 24.0. The summed E-state index contributed by atoms with van der Waals surface area (Å²) in [6.07, 6.45) is 0. The number of carboxylic acids is 1. The van der Waals surface area contributed by atoms with Crippen LogP contribution in [0.5, 0.6) is 0 Å². The molecule has 0 bridgehead atoms. The molecule has 108 valence electrons. The Morgan fingerprint density at radius 2 is 2.15 bits per heavy atom. The second kappa shape index (κ2) is 5.09. The SMILES string of the molecule is CC1(OCC(=O)O)CN(C(=O)c2cc(F)ccc2N)C1. The Balaban J connectivity index is 2.00. The van der Waals surface area contributed by atoms with Crippen LogP contribution < -0.4 is 5.73 Å². The van der Waals surface area contributed by atoms with Crippen LogP contribution >= 0.6 is 0 Å². The Morgan fingerprint density at radius 1 is 1.50 bits per heavy atom. The number of likely N-dealkylation sites (tertiary alicyclic amines) is 1. The van der Waals surface area contributed by atoms with Crippen LogP contribution in [0, 0.1) is 5.82 Å². The number of carboxylic acid groups (broad SMARTS) is 1. The predicted octanol–water partition coefficient (Wildman–Crippen LogP) is 0.724. The number of amides is 1. The number of rotatable bonds is 4. The van der Waals surface area contributed by atoms with Gasteiger partial charge in [0.2, 0.25) is 0 Å². The third-order valence-electron chi connectivity index (χ3n) is 3.13. The zero-order chi connectivity index (χ0) is 14.9. The van der Waals surface area contributed by atoms with E-state index in [0.717, 1.165) is 6.07 Å². The fraction of sp³-hybridized carbons (Fsp3) is 0.385. The maximum absolute atomic E-state index is 13.1. The van der Waals surface area contributed by atoms with Crippen molar-refractivity contribution in [3.63, 3.8) is 0 Å². The quantitative estimate of drug-likeness (QED) is 0.794. The molecule has 0 unspecified atom stereocenters. The van der Waals surface area contributed by atoms with Crippen LogP contribution in [0.1, 0.15) is 17.3 Å². The molecule has 0 aliphatic carbocycles. The first kappa shape index (κ1) is 14.3. The van der Waals surface area contributed by atoms with Crippen LogP contribution in [0.25, 0.3) is 0 Å². The van der Waals surface area contributed by atoms with E-state index in [4.69, 9.17) is 15.6 Å². The highest BCUT2D eigenvalue weighted by atomic mass is 19.1. The third kappa shape index (κ3) is 2.88. The van der Waals surface area contributed by atoms with E-state index in [-0.39, 0.29) is 24.3 Å². The van der Waals surface area contributed by atoms with Gasteiger partial charge in [0.15, 0.2) is 0 Å². The van der Waals surface area contributed by atoms with E-state index in [9.17, 15) is 14.0 Å². The lowest BCUT2D eigenvalue weighted by Crippen LogP contribution is -2.63. The van der Waals surface area contributed by atoms with E-state index in [1.165, 1.54) is 17.0 Å². The first-order valence-electron chi connectivity index (χ1n) is 6.01. The number of carbonyl (C=O) groups excluding carboxylic acids is 1. The van der Waals surface area contributed by atoms with Gasteiger partial charge in [-0.25, -0.2) is 9.18 Å². The smallest absolute Gasteiger partial charge is 0.329 e. The Bertz CT molecular complexity index is 555. The van der Waals surface area contributed by atoms with Crippen molar-refractivity contribution in [1.29, 1.82) is 0 Å². The third-order valence-corrected chi connectivity index (χ3v) is 3.13. The van der Waals surface area contributed by atoms with Crippen molar-refractivity contribution in [3.05, 3.63) is 29.6 Å². The second-order valence-electron chi connectivity index (χ2n) is 5.03. The molecule has 1 aliphatic heterocycles. The van der Waals surface area contributed by atoms with Crippen LogP contribution in [0.2, 0.25) is 0 Å². The number of aliphatic carboxylic acids is 1. The highest BCUT2D eigenvalue weighted by Crippen LogP contribution is 2.27. The van der Waals surface area contributed by atoms with E-state index in [2.05, 4.69) is 0 Å². The molecule has 7 heteroatoms. The van der Waals surface area contributed by atoms with Crippen molar-refractivity contribution >= 4 is 17.6 Å². The molecule has 3 N–H and O–H groups in total. The number of nitrogens with zero attached hydrogens (tertiary/aromatic N) is 1. The largest absolute Gasteiger partial charge is 0.480 e. The minimum Gasteiger partial charge on any atom is -0.480 e. The monoisotopic (exact) mass is 282 g/mol. The Morgan fingerprint density at radius 3 is 2.75 bits per heavy atom. The summed E-state index contributed by atoms with van der Waals surface area (Å²) < 4.78 is 18.3. The molecular formula is C13H15FN2O4. The number of hydrogen-bond donors (Lipinski definition) is 2. The predicted molar refractivity (Wildman–Crippen MR) is 68.7 cm³/mol. The molecule has 1 aromatic rings. The normalized spacial score (nSPS) is 16.6. The number of nitrogens with two attached hydrogens (primary N) is 1. The van der Waals surface area contributed by atoms with Gasteiger partial charge in [0.05, 0.1) is 18.7 Å². The van der Waals surface area contributed by atoms with Crippen LogP contribution in [0.3, 0.4) is 0 Å². The summed E-state index contributed by atoms with van der Waals surface area (Å²) >= 11 is 0. The molecule has 1 heterocycles. The van der Waals surface area contributed by atoms with Gasteiger partial charge in [0, 0.05) is 5.69 Å². The molecule has 0 spiro atoms. The highest BCUT2D eigenvalue weighted by molar-refractivity contribution is 5.99. The van der Waals surface area contributed by atoms with E-state index in [1.54, 1.807) is 6.92 Å². The van der Waals surface area contributed by atoms with Crippen molar-refractivity contribution in [3.8, 4) is 0 Å². The summed E-state index contributed by atoms with van der Waals surface area (Å²) in [5, 5.41) is 8.55. The summed E-state index contributed by atoms with van der Waals surface area (Å²) in [5.41, 5.74) is 5.27. The molecule has 20 heavy (non-hydrogen) atoms. The first-order chi connectivity index (χ1) is 9.31. The minimum atomic E-state index is -1.06. The topological polar surface area (TPSA) is 92.9 Å². The molecule has 1 aliphatic rings. The number of anilines is 1. The van der Waals surface area contributed by atoms with Gasteiger partial charge >= 0.3 is 5.97 Å². The lowest BCUT2D eigenvalue weighted by molar-refractivity contribution is -0.159. The Kier molecular flexibility index (Phi) is 3.63. The molecule has 0 radical (unpaired) electrons. The average molecular weight is 282 g/mol. The number of benzene rings is 1. The lowest BCUT2D eigenvalue weighted by atomic mass is 9.95. The van der Waals surface area contributed by atoms with E-state index < -0.39 is 29.9 Å². The summed E-state index contributed by atoms with van der Waals surface area (Å²) in [6.45, 7) is 1.79. The molecule has 1 amide bonds. The summed E-state index contributed by atoms with van der Waals surface area (Å²) in [5.74, 6) is -1.99. The summed E-state index contributed by atoms with van der Waals surface area (Å²) in [6, 6.07) is 3.61. The van der Waals surface area contributed by atoms with Gasteiger partial charge in [-0.05, 0) is 25.1 Å². The van der Waals surface area contributed by atoms with Crippen molar-refractivity contribution in [2.75, 3.05) is 25.4 Å². The second-order valence-corrected chi connectivity index (χ2v) is 5.03. The lowest BCUT2D eigenvalue weighted by Gasteiger charge is -2.47. The van der Waals surface area contributed by atoms with Crippen LogP contribution in [-0.2, 0) is 9.53 Å². The zero-order valence-electron chi connectivity index (χ0n) is 10.9. The fourth-order valence-corrected chi connectivity index (χ4v) is 2.12. The number of halogens is 1. The number of carbonyl (C=O) groups is 2. The first-order valence-corrected chi connectivity index (χ1v) is 6.01. The maximum atomic E-state index is 13.1. The molecular weight excluding hydrogens is 267 g/mol. The molecule has 1 fully saturated rings. The number of nitrogen functional groups attached to an aromatic ring is 1. The van der Waals surface area contributed by atoms with Gasteiger partial charge < -0.3 is 20.5 Å². The minimum absolute atomic E-state index is 0.102. The molecule has 1 aromatic carbocycles. The van der Waals surface area contributed by atoms with Gasteiger partial charge in [-0.15, -0.1) is 0 Å². The zero-order valence-corrected chi connectivity index (χ0v) is 10.9. The summed E-state index contributed by atoms with van der Waals surface area (Å²) in [7, 11) is 0. The molecule has 2 rings (SSSR count). The van der Waals surface area contributed by atoms with Crippen LogP contribution in [-0.4, -0.2) is 47.2 Å². The van der Waals surface area contributed by atoms with E-state index in [1.807, 2.05) is 0 Å². The van der Waals surface area contributed by atoms with E-state index in [0.29, 0.717) is 0 Å². The molecule has 0 atom stereocenters. The van der Waals surface area contributed by atoms with Crippen molar-refractivity contribution in [1.82, 2.24) is 4.90 Å². The van der Waals surface area contributed by atoms with Crippen molar-refractivity contribution < 1.29 is 23.8 Å². The Labute approximate surface area is 114 Å². The van der Waals surface area contributed by atoms with Gasteiger partial charge in [0.1, 0.15) is 18.0 Å². The maximum Gasteiger partial charge on any atom is 0.329 e. The van der Waals surface area contributed by atoms with Crippen LogP contribution in [0.15, 0.2) is 18.2 Å². The Hall–Kier alpha value is -2.15. The number of ether oxygens (including phenoxy) is 1. The van der Waals surface area contributed by atoms with Gasteiger partial charge in [0.25, 0.3) is 5.91 Å². The van der Waals surface area contributed by atoms with Gasteiger partial charge in [-0.2, -0.15) is 0 Å². The molecule has 0 aromatic heterocycles. The van der Waals surface area contributed by atoms with Crippen molar-refractivity contribution in [2.45, 2.75) is 12.5 Å². The van der Waals surface area contributed by atoms with Gasteiger partial charge in [-0.1, -0.05) is 0 Å². The average Bonchev–Trinajstić information content (AvgIpc) is 2.35. The number of hydrogen-bond acceptors (Lipinski definition) is 4.